The molecule has 0 atom stereocenters. The van der Waals surface area contributed by atoms with Crippen LogP contribution in [0.5, 0.6) is 0 Å². The lowest BCUT2D eigenvalue weighted by molar-refractivity contribution is -0.200. The van der Waals surface area contributed by atoms with Gasteiger partial charge in [0.05, 0.1) is 16.9 Å². The summed E-state index contributed by atoms with van der Waals surface area (Å²) in [6.07, 6.45) is 4.82. The number of likely N-dealkylation sites (tertiary alicyclic amines) is 1. The first-order valence-corrected chi connectivity index (χ1v) is 15.2. The van der Waals surface area contributed by atoms with Gasteiger partial charge in [-0.3, -0.25) is 14.5 Å². The van der Waals surface area contributed by atoms with E-state index in [9.17, 15) is 22.8 Å². The van der Waals surface area contributed by atoms with E-state index in [2.05, 4.69) is 31.9 Å². The summed E-state index contributed by atoms with van der Waals surface area (Å²) in [4.78, 5) is 34.4. The topological polar surface area (TPSA) is 129 Å². The Balaban J connectivity index is 1.15. The number of carbonyl (C=O) groups is 2. The number of nitrogens with zero attached hydrogens (tertiary/aromatic N) is 5. The van der Waals surface area contributed by atoms with Crippen LogP contribution in [0.1, 0.15) is 18.9 Å². The molecule has 14 heteroatoms. The van der Waals surface area contributed by atoms with Crippen LogP contribution in [0.15, 0.2) is 77.9 Å². The third-order valence-corrected chi connectivity index (χ3v) is 9.21. The number of furan rings is 1. The normalized spacial score (nSPS) is 14.3. The number of aromatic nitrogens is 4. The number of rotatable bonds is 6. The van der Waals surface area contributed by atoms with Crippen LogP contribution in [0.3, 0.4) is 0 Å². The van der Waals surface area contributed by atoms with Crippen molar-refractivity contribution in [1.29, 1.82) is 0 Å². The minimum Gasteiger partial charge on any atom is -0.452 e. The lowest BCUT2D eigenvalue weighted by Gasteiger charge is -2.32. The molecule has 0 aliphatic carbocycles. The number of pyridine rings is 2. The molecule has 1 fully saturated rings. The predicted octanol–water partition coefficient (Wildman–Crippen LogP) is 6.49. The molecule has 7 rings (SSSR count). The molecular weight excluding hydrogens is 621 g/mol. The molecule has 6 heterocycles. The third kappa shape index (κ3) is 5.44. The zero-order valence-corrected chi connectivity index (χ0v) is 24.8. The fourth-order valence-electron chi connectivity index (χ4n) is 5.74. The second kappa shape index (κ2) is 11.6. The van der Waals surface area contributed by atoms with E-state index >= 15 is 0 Å². The van der Waals surface area contributed by atoms with Crippen LogP contribution in [0.2, 0.25) is 0 Å². The highest BCUT2D eigenvalue weighted by atomic mass is 32.1. The molecule has 0 bridgehead atoms. The molecule has 46 heavy (non-hydrogen) atoms. The van der Waals surface area contributed by atoms with Crippen molar-refractivity contribution >= 4 is 50.1 Å². The molecule has 0 spiro atoms. The second-order valence-electron chi connectivity index (χ2n) is 10.8. The molecule has 0 unspecified atom stereocenters. The average Bonchev–Trinajstić information content (AvgIpc) is 3.81. The largest absolute Gasteiger partial charge is 0.490 e. The molecule has 10 nitrogen and oxygen atoms in total. The summed E-state index contributed by atoms with van der Waals surface area (Å²) in [7, 11) is 0. The lowest BCUT2D eigenvalue weighted by Crippen LogP contribution is -2.42. The number of thiophene rings is 1. The molecule has 6 aromatic rings. The Morgan fingerprint density at radius 2 is 1.83 bits per heavy atom. The van der Waals surface area contributed by atoms with E-state index in [0.29, 0.717) is 24.2 Å². The predicted molar refractivity (Wildman–Crippen MR) is 166 cm³/mol. The third-order valence-electron chi connectivity index (χ3n) is 8.02. The highest BCUT2D eigenvalue weighted by Gasteiger charge is 2.41. The van der Waals surface area contributed by atoms with E-state index < -0.39 is 24.7 Å². The van der Waals surface area contributed by atoms with E-state index in [0.717, 1.165) is 42.6 Å². The number of anilines is 1. The van der Waals surface area contributed by atoms with Crippen molar-refractivity contribution in [2.75, 3.05) is 25.4 Å². The molecule has 5 aromatic heterocycles. The van der Waals surface area contributed by atoms with Crippen molar-refractivity contribution in [3.8, 4) is 32.9 Å². The number of ether oxygens (including phenoxy) is 1. The van der Waals surface area contributed by atoms with Gasteiger partial charge in [-0.15, -0.1) is 11.3 Å². The SMILES string of the molecule is Nc1ncc(-c2cnn(C3CCN(C(=O)COC(=O)C(F)(F)F)CC3)c2)c2cc(-c3c(-c4ccccc4)sc4cnccc34)oc12. The van der Waals surface area contributed by atoms with Crippen LogP contribution < -0.4 is 5.73 Å². The molecule has 1 saturated heterocycles. The summed E-state index contributed by atoms with van der Waals surface area (Å²) in [5, 5.41) is 6.37. The number of hydrogen-bond acceptors (Lipinski definition) is 9. The summed E-state index contributed by atoms with van der Waals surface area (Å²) in [5.74, 6) is -2.14. The number of nitrogen functional groups attached to an aromatic ring is 1. The van der Waals surface area contributed by atoms with E-state index in [4.69, 9.17) is 10.2 Å². The van der Waals surface area contributed by atoms with Crippen molar-refractivity contribution in [2.24, 2.45) is 0 Å². The number of benzene rings is 1. The van der Waals surface area contributed by atoms with Gasteiger partial charge in [0.15, 0.2) is 18.0 Å². The standard InChI is InChI=1S/C32H25F3N6O4S/c33-32(34,35)31(43)44-17-26(42)40-10-7-20(8-11-40)41-16-19(13-39-41)23-14-38-30(36)28-22(23)12-24(45-28)27-21-6-9-37-15-25(21)46-29(27)18-4-2-1-3-5-18/h1-6,9,12-16,20H,7-8,10-11,17H2,(H2,36,38). The Kier molecular flexibility index (Phi) is 7.43. The van der Waals surface area contributed by atoms with Crippen molar-refractivity contribution < 1.29 is 31.9 Å². The summed E-state index contributed by atoms with van der Waals surface area (Å²) < 4.78 is 50.5. The number of halogens is 3. The van der Waals surface area contributed by atoms with Crippen LogP contribution in [0.4, 0.5) is 19.0 Å². The zero-order valence-electron chi connectivity index (χ0n) is 24.0. The maximum Gasteiger partial charge on any atom is 0.490 e. The van der Waals surface area contributed by atoms with Crippen LogP contribution >= 0.6 is 11.3 Å². The first-order chi connectivity index (χ1) is 22.2. The molecule has 1 aliphatic heterocycles. The molecule has 0 saturated carbocycles. The molecular formula is C32H25F3N6O4S. The smallest absolute Gasteiger partial charge is 0.452 e. The number of carbonyl (C=O) groups excluding carboxylic acids is 2. The quantitative estimate of drug-likeness (QED) is 0.204. The van der Waals surface area contributed by atoms with Gasteiger partial charge in [-0.05, 0) is 30.5 Å². The van der Waals surface area contributed by atoms with Gasteiger partial charge < -0.3 is 19.8 Å². The van der Waals surface area contributed by atoms with Gasteiger partial charge in [0.2, 0.25) is 0 Å². The van der Waals surface area contributed by atoms with Crippen LogP contribution in [-0.4, -0.2) is 62.4 Å². The minimum absolute atomic E-state index is 0.0492. The summed E-state index contributed by atoms with van der Waals surface area (Å²) in [6.45, 7) is -0.379. The molecule has 1 amide bonds. The van der Waals surface area contributed by atoms with Crippen molar-refractivity contribution in [2.45, 2.75) is 25.1 Å². The van der Waals surface area contributed by atoms with Crippen LogP contribution in [0.25, 0.3) is 53.9 Å². The number of esters is 1. The highest BCUT2D eigenvalue weighted by Crippen LogP contribution is 2.47. The first kappa shape index (κ1) is 29.5. The second-order valence-corrected chi connectivity index (χ2v) is 11.9. The maximum absolute atomic E-state index is 12.4. The van der Waals surface area contributed by atoms with Gasteiger partial charge >= 0.3 is 12.1 Å². The van der Waals surface area contributed by atoms with Crippen molar-refractivity contribution in [3.63, 3.8) is 0 Å². The molecule has 1 aliphatic rings. The molecule has 234 valence electrons. The van der Waals surface area contributed by atoms with Gasteiger partial charge in [0, 0.05) is 70.2 Å². The Morgan fingerprint density at radius 1 is 1.04 bits per heavy atom. The van der Waals surface area contributed by atoms with Crippen molar-refractivity contribution in [1.82, 2.24) is 24.6 Å². The summed E-state index contributed by atoms with van der Waals surface area (Å²) in [5.41, 5.74) is 10.3. The summed E-state index contributed by atoms with van der Waals surface area (Å²) in [6, 6.07) is 14.0. The van der Waals surface area contributed by atoms with E-state index in [1.54, 1.807) is 29.9 Å². The van der Waals surface area contributed by atoms with Gasteiger partial charge in [-0.1, -0.05) is 30.3 Å². The van der Waals surface area contributed by atoms with Crippen LogP contribution in [0, 0.1) is 0 Å². The average molecular weight is 647 g/mol. The lowest BCUT2D eigenvalue weighted by atomic mass is 10.0. The highest BCUT2D eigenvalue weighted by molar-refractivity contribution is 7.23. The van der Waals surface area contributed by atoms with Gasteiger partial charge in [0.25, 0.3) is 5.91 Å². The number of hydrogen-bond donors (Lipinski definition) is 1. The van der Waals surface area contributed by atoms with E-state index in [1.807, 2.05) is 47.4 Å². The Hall–Kier alpha value is -5.24. The monoisotopic (exact) mass is 646 g/mol. The fourth-order valence-corrected chi connectivity index (χ4v) is 6.92. The number of piperidine rings is 1. The Morgan fingerprint density at radius 3 is 2.59 bits per heavy atom. The number of amides is 1. The van der Waals surface area contributed by atoms with E-state index in [1.165, 1.54) is 4.90 Å². The number of fused-ring (bicyclic) bond motifs is 2. The van der Waals surface area contributed by atoms with Gasteiger partial charge in [-0.25, -0.2) is 9.78 Å². The first-order valence-electron chi connectivity index (χ1n) is 14.3. The van der Waals surface area contributed by atoms with Crippen LogP contribution in [-0.2, 0) is 14.3 Å². The van der Waals surface area contributed by atoms with Crippen molar-refractivity contribution in [3.05, 3.63) is 73.4 Å². The Bertz CT molecular complexity index is 2080. The zero-order chi connectivity index (χ0) is 32.0. The van der Waals surface area contributed by atoms with Gasteiger partial charge in [-0.2, -0.15) is 18.3 Å². The molecule has 0 radical (unpaired) electrons. The maximum atomic E-state index is 12.4. The molecule has 2 N–H and O–H groups in total. The van der Waals surface area contributed by atoms with E-state index in [-0.39, 0.29) is 24.9 Å². The Labute approximate surface area is 263 Å². The summed E-state index contributed by atoms with van der Waals surface area (Å²) >= 11 is 1.64. The minimum atomic E-state index is -5.14. The fraction of sp³-hybridized carbons (Fsp3) is 0.219. The number of alkyl halides is 3. The molecule has 1 aromatic carbocycles. The number of nitrogens with two attached hydrogens (primary N) is 1. The van der Waals surface area contributed by atoms with Gasteiger partial charge in [0.1, 0.15) is 5.76 Å².